The van der Waals surface area contributed by atoms with Crippen molar-refractivity contribution in [1.82, 2.24) is 0 Å². The Morgan fingerprint density at radius 2 is 2.00 bits per heavy atom. The summed E-state index contributed by atoms with van der Waals surface area (Å²) in [5.74, 6) is -4.76. The van der Waals surface area contributed by atoms with Crippen LogP contribution in [0.25, 0.3) is 0 Å². The Balaban J connectivity index is 4.82. The van der Waals surface area contributed by atoms with E-state index in [1.807, 2.05) is 0 Å². The first-order valence-electron chi connectivity index (χ1n) is 3.41. The minimum Gasteiger partial charge on any atom is -0.479 e. The molecule has 0 amide bonds. The smallest absolute Gasteiger partial charge is 0.332 e. The number of carboxylic acids is 1. The normalized spacial score (nSPS) is 15.7. The van der Waals surface area contributed by atoms with Gasteiger partial charge in [0.05, 0.1) is 0 Å². The lowest BCUT2D eigenvalue weighted by atomic mass is 9.95. The van der Waals surface area contributed by atoms with E-state index in [4.69, 9.17) is 5.11 Å². The average molecular weight is 193 g/mol. The van der Waals surface area contributed by atoms with Crippen LogP contribution < -0.4 is 0 Å². The van der Waals surface area contributed by atoms with Crippen LogP contribution in [0.2, 0.25) is 0 Å². The summed E-state index contributed by atoms with van der Waals surface area (Å²) in [4.78, 5) is 23.1. The van der Waals surface area contributed by atoms with E-state index in [2.05, 4.69) is 4.99 Å². The van der Waals surface area contributed by atoms with Crippen LogP contribution in [0, 0.1) is 0 Å². The van der Waals surface area contributed by atoms with Crippen LogP contribution in [-0.4, -0.2) is 28.6 Å². The van der Waals surface area contributed by atoms with E-state index >= 15 is 0 Å². The van der Waals surface area contributed by atoms with Gasteiger partial charge in [0, 0.05) is 6.42 Å². The zero-order valence-corrected chi connectivity index (χ0v) is 7.17. The largest absolute Gasteiger partial charge is 0.479 e. The molecule has 6 heteroatoms. The molecule has 0 spiro atoms. The van der Waals surface area contributed by atoms with Gasteiger partial charge >= 0.3 is 5.97 Å². The third kappa shape index (κ3) is 3.75. The van der Waals surface area contributed by atoms with Crippen molar-refractivity contribution in [1.29, 1.82) is 0 Å². The molecule has 0 aliphatic rings. The number of nitrogens with zero attached hydrogens (tertiary/aromatic N) is 1. The lowest BCUT2D eigenvalue weighted by molar-refractivity contribution is -0.146. The molecule has 0 saturated heterocycles. The molecule has 0 aliphatic heterocycles. The number of isocyanates is 1. The number of alkyl halides is 2. The Bertz CT molecular complexity index is 251. The van der Waals surface area contributed by atoms with Gasteiger partial charge in [-0.05, 0) is 13.8 Å². The number of carboxylic acid groups (broad SMARTS) is 1. The van der Waals surface area contributed by atoms with Crippen molar-refractivity contribution in [3.63, 3.8) is 0 Å². The van der Waals surface area contributed by atoms with E-state index in [9.17, 15) is 18.4 Å². The summed E-state index contributed by atoms with van der Waals surface area (Å²) in [5.41, 5.74) is -2.10. The molecule has 1 atom stereocenters. The van der Waals surface area contributed by atoms with Crippen LogP contribution in [0.15, 0.2) is 4.99 Å². The highest BCUT2D eigenvalue weighted by Gasteiger charge is 2.41. The van der Waals surface area contributed by atoms with E-state index in [0.717, 1.165) is 13.0 Å². The summed E-state index contributed by atoms with van der Waals surface area (Å²) in [6.45, 7) is 1.51. The van der Waals surface area contributed by atoms with Gasteiger partial charge in [-0.15, -0.1) is 0 Å². The van der Waals surface area contributed by atoms with Crippen LogP contribution in [0.1, 0.15) is 20.3 Å². The quantitative estimate of drug-likeness (QED) is 0.539. The summed E-state index contributed by atoms with van der Waals surface area (Å²) >= 11 is 0. The summed E-state index contributed by atoms with van der Waals surface area (Å²) in [5, 5.41) is 8.52. The van der Waals surface area contributed by atoms with Crippen LogP contribution in [0.4, 0.5) is 8.78 Å². The van der Waals surface area contributed by atoms with Gasteiger partial charge in [0.1, 0.15) is 0 Å². The van der Waals surface area contributed by atoms with Gasteiger partial charge in [0.15, 0.2) is 5.54 Å². The molecule has 0 unspecified atom stereocenters. The van der Waals surface area contributed by atoms with Crippen molar-refractivity contribution in [2.45, 2.75) is 31.7 Å². The van der Waals surface area contributed by atoms with Gasteiger partial charge in [-0.2, -0.15) is 4.99 Å². The molecule has 0 heterocycles. The van der Waals surface area contributed by atoms with Crippen molar-refractivity contribution in [3.8, 4) is 0 Å². The molecule has 0 bridgehead atoms. The molecule has 0 aromatic rings. The Hall–Kier alpha value is -1.29. The SMILES string of the molecule is CC(F)(F)C[C@](C)(N=C=O)C(=O)O. The molecule has 0 rings (SSSR count). The Morgan fingerprint density at radius 3 is 2.23 bits per heavy atom. The molecule has 4 nitrogen and oxygen atoms in total. The lowest BCUT2D eigenvalue weighted by Gasteiger charge is -2.21. The van der Waals surface area contributed by atoms with Crippen LogP contribution >= 0.6 is 0 Å². The standard InChI is InChI=1S/C7H9F2NO3/c1-6(5(12)13,10-4-11)3-7(2,8)9/h3H2,1-2H3,(H,12,13)/t6-/m0/s1. The predicted octanol–water partition coefficient (Wildman–Crippen LogP) is 1.21. The lowest BCUT2D eigenvalue weighted by Crippen LogP contribution is -2.38. The highest BCUT2D eigenvalue weighted by atomic mass is 19.3. The number of hydrogen-bond acceptors (Lipinski definition) is 3. The van der Waals surface area contributed by atoms with Gasteiger partial charge < -0.3 is 5.11 Å². The number of halogens is 2. The summed E-state index contributed by atoms with van der Waals surface area (Å²) < 4.78 is 24.9. The van der Waals surface area contributed by atoms with Gasteiger partial charge in [-0.3, -0.25) is 0 Å². The zero-order chi connectivity index (χ0) is 10.7. The highest BCUT2D eigenvalue weighted by molar-refractivity contribution is 5.79. The first-order chi connectivity index (χ1) is 5.71. The molecule has 0 aromatic heterocycles. The Labute approximate surface area is 73.3 Å². The van der Waals surface area contributed by atoms with E-state index in [1.54, 1.807) is 0 Å². The maximum Gasteiger partial charge on any atom is 0.332 e. The van der Waals surface area contributed by atoms with Crippen LogP contribution in [0.5, 0.6) is 0 Å². The molecule has 0 aliphatic carbocycles. The number of aliphatic imine (C=N–C) groups is 1. The monoisotopic (exact) mass is 193 g/mol. The van der Waals surface area contributed by atoms with Crippen molar-refractivity contribution in [2.75, 3.05) is 0 Å². The van der Waals surface area contributed by atoms with E-state index in [0.29, 0.717) is 6.92 Å². The molecule has 0 radical (unpaired) electrons. The minimum absolute atomic E-state index is 0.564. The van der Waals surface area contributed by atoms with Crippen molar-refractivity contribution >= 4 is 12.0 Å². The molecule has 13 heavy (non-hydrogen) atoms. The molecule has 0 saturated carbocycles. The second-order valence-corrected chi connectivity index (χ2v) is 3.03. The summed E-state index contributed by atoms with van der Waals surface area (Å²) in [7, 11) is 0. The van der Waals surface area contributed by atoms with Gasteiger partial charge in [0.25, 0.3) is 0 Å². The Morgan fingerprint density at radius 1 is 1.54 bits per heavy atom. The molecule has 0 aromatic carbocycles. The van der Waals surface area contributed by atoms with Gasteiger partial charge in [-0.1, -0.05) is 0 Å². The van der Waals surface area contributed by atoms with E-state index < -0.39 is 23.9 Å². The maximum absolute atomic E-state index is 12.4. The first-order valence-corrected chi connectivity index (χ1v) is 3.41. The first kappa shape index (κ1) is 11.7. The summed E-state index contributed by atoms with van der Waals surface area (Å²) in [6.07, 6.45) is -0.0502. The second kappa shape index (κ2) is 3.62. The maximum atomic E-state index is 12.4. The highest BCUT2D eigenvalue weighted by Crippen LogP contribution is 2.28. The molecular formula is C7H9F2NO3. The third-order valence-corrected chi connectivity index (χ3v) is 1.41. The number of carbonyl (C=O) groups excluding carboxylic acids is 1. The number of aliphatic carboxylic acids is 1. The summed E-state index contributed by atoms with van der Waals surface area (Å²) in [6, 6.07) is 0. The predicted molar refractivity (Wildman–Crippen MR) is 39.4 cm³/mol. The number of carbonyl (C=O) groups is 1. The topological polar surface area (TPSA) is 66.7 Å². The molecule has 74 valence electrons. The van der Waals surface area contributed by atoms with Crippen LogP contribution in [-0.2, 0) is 9.59 Å². The van der Waals surface area contributed by atoms with Crippen molar-refractivity contribution in [3.05, 3.63) is 0 Å². The van der Waals surface area contributed by atoms with Gasteiger partial charge in [-0.25, -0.2) is 18.4 Å². The van der Waals surface area contributed by atoms with Gasteiger partial charge in [0.2, 0.25) is 12.0 Å². The average Bonchev–Trinajstić information content (AvgIpc) is 1.82. The molecule has 1 N–H and O–H groups in total. The number of hydrogen-bond donors (Lipinski definition) is 1. The zero-order valence-electron chi connectivity index (χ0n) is 7.17. The van der Waals surface area contributed by atoms with Crippen molar-refractivity contribution < 1.29 is 23.5 Å². The van der Waals surface area contributed by atoms with Crippen molar-refractivity contribution in [2.24, 2.45) is 4.99 Å². The molecule has 0 fully saturated rings. The third-order valence-electron chi connectivity index (χ3n) is 1.41. The second-order valence-electron chi connectivity index (χ2n) is 3.03. The fourth-order valence-corrected chi connectivity index (χ4v) is 0.868. The number of rotatable bonds is 4. The fourth-order valence-electron chi connectivity index (χ4n) is 0.868. The fraction of sp³-hybridized carbons (Fsp3) is 0.714. The van der Waals surface area contributed by atoms with E-state index in [1.165, 1.54) is 0 Å². The van der Waals surface area contributed by atoms with E-state index in [-0.39, 0.29) is 0 Å². The molecular weight excluding hydrogens is 184 g/mol. The Kier molecular flexibility index (Phi) is 3.26. The minimum atomic E-state index is -3.19. The van der Waals surface area contributed by atoms with Crippen LogP contribution in [0.3, 0.4) is 0 Å².